The zero-order chi connectivity index (χ0) is 15.9. The van der Waals surface area contributed by atoms with Crippen LogP contribution in [0.1, 0.15) is 5.56 Å². The van der Waals surface area contributed by atoms with E-state index in [0.29, 0.717) is 23.9 Å². The summed E-state index contributed by atoms with van der Waals surface area (Å²) in [6.07, 6.45) is 4.88. The number of aromatic nitrogens is 2. The molecule has 0 spiro atoms. The first kappa shape index (κ1) is 14.6. The maximum absolute atomic E-state index is 14.6. The molecular weight excluding hydrogens is 315 g/mol. The van der Waals surface area contributed by atoms with Crippen molar-refractivity contribution in [1.82, 2.24) is 9.97 Å². The molecule has 7 heteroatoms. The number of halogens is 1. The number of fused-ring (bicyclic) bond motifs is 1. The predicted molar refractivity (Wildman–Crippen MR) is 87.5 cm³/mol. The molecule has 5 nitrogen and oxygen atoms in total. The highest BCUT2D eigenvalue weighted by atomic mass is 32.2. The molecule has 0 amide bonds. The van der Waals surface area contributed by atoms with Gasteiger partial charge in [0.05, 0.1) is 13.2 Å². The number of benzene rings is 1. The lowest BCUT2D eigenvalue weighted by Gasteiger charge is -2.34. The van der Waals surface area contributed by atoms with Gasteiger partial charge in [-0.25, -0.2) is 19.4 Å². The molecule has 1 saturated heterocycles. The summed E-state index contributed by atoms with van der Waals surface area (Å²) in [6, 6.07) is 5.02. The third-order valence-electron chi connectivity index (χ3n) is 4.39. The molecule has 1 aromatic heterocycles. The molecule has 2 N–H and O–H groups in total. The van der Waals surface area contributed by atoms with Crippen molar-refractivity contribution in [1.29, 1.82) is 0 Å². The molecule has 4 rings (SSSR count). The van der Waals surface area contributed by atoms with Crippen LogP contribution in [-0.4, -0.2) is 34.1 Å². The zero-order valence-corrected chi connectivity index (χ0v) is 13.1. The van der Waals surface area contributed by atoms with E-state index in [4.69, 9.17) is 10.5 Å². The first-order valence-corrected chi connectivity index (χ1v) is 8.29. The number of nitrogens with two attached hydrogens (primary N) is 1. The summed E-state index contributed by atoms with van der Waals surface area (Å²) in [5, 5.41) is 0.486. The van der Waals surface area contributed by atoms with Crippen molar-refractivity contribution in [3.8, 4) is 11.1 Å². The maximum Gasteiger partial charge on any atom is 0.154 e. The molecule has 0 radical (unpaired) electrons. The lowest BCUT2D eigenvalue weighted by Crippen LogP contribution is -2.40. The molecule has 2 aliphatic heterocycles. The average molecular weight is 330 g/mol. The fourth-order valence-electron chi connectivity index (χ4n) is 3.18. The van der Waals surface area contributed by atoms with Crippen molar-refractivity contribution >= 4 is 16.9 Å². The molecular formula is C16H15FN4OS. The number of rotatable bonds is 2. The van der Waals surface area contributed by atoms with E-state index in [1.165, 1.54) is 24.2 Å². The average Bonchev–Trinajstić information content (AvgIpc) is 3.00. The molecule has 3 heterocycles. The molecule has 0 unspecified atom stereocenters. The van der Waals surface area contributed by atoms with Gasteiger partial charge in [0.2, 0.25) is 0 Å². The highest BCUT2D eigenvalue weighted by Gasteiger charge is 2.49. The van der Waals surface area contributed by atoms with E-state index in [9.17, 15) is 4.39 Å². The number of hydrogen-bond donors (Lipinski definition) is 1. The van der Waals surface area contributed by atoms with Gasteiger partial charge in [0.15, 0.2) is 5.17 Å². The summed E-state index contributed by atoms with van der Waals surface area (Å²) in [5.41, 5.74) is 7.42. The fraction of sp³-hybridized carbons (Fsp3) is 0.312. The summed E-state index contributed by atoms with van der Waals surface area (Å²) >= 11 is 1.50. The molecule has 2 atom stereocenters. The lowest BCUT2D eigenvalue weighted by atomic mass is 9.80. The predicted octanol–water partition coefficient (Wildman–Crippen LogP) is 2.19. The van der Waals surface area contributed by atoms with E-state index in [1.807, 2.05) is 6.07 Å². The normalized spacial score (nSPS) is 26.7. The highest BCUT2D eigenvalue weighted by Crippen LogP contribution is 2.45. The molecule has 2 aromatic rings. The summed E-state index contributed by atoms with van der Waals surface area (Å²) < 4.78 is 20.3. The Labute approximate surface area is 137 Å². The summed E-state index contributed by atoms with van der Waals surface area (Å²) in [7, 11) is 0. The van der Waals surface area contributed by atoms with Crippen LogP contribution in [-0.2, 0) is 10.3 Å². The SMILES string of the molecule is NC1=N[C@@]2(c3cc(-c4cncnc4)ccc3F)COC[C@H]2CS1. The Balaban J connectivity index is 1.86. The molecule has 118 valence electrons. The lowest BCUT2D eigenvalue weighted by molar-refractivity contribution is 0.176. The van der Waals surface area contributed by atoms with Gasteiger partial charge in [-0.1, -0.05) is 17.8 Å². The Bertz CT molecular complexity index is 770. The van der Waals surface area contributed by atoms with E-state index in [1.54, 1.807) is 18.5 Å². The first-order chi connectivity index (χ1) is 11.2. The van der Waals surface area contributed by atoms with Crippen LogP contribution in [0.5, 0.6) is 0 Å². The van der Waals surface area contributed by atoms with E-state index >= 15 is 0 Å². The molecule has 1 aromatic carbocycles. The monoisotopic (exact) mass is 330 g/mol. The van der Waals surface area contributed by atoms with Crippen LogP contribution in [0.4, 0.5) is 4.39 Å². The third kappa shape index (κ3) is 2.40. The minimum Gasteiger partial charge on any atom is -0.379 e. The van der Waals surface area contributed by atoms with Gasteiger partial charge in [0.25, 0.3) is 0 Å². The van der Waals surface area contributed by atoms with Crippen LogP contribution in [0.25, 0.3) is 11.1 Å². The number of aliphatic imine (C=N–C) groups is 1. The first-order valence-electron chi connectivity index (χ1n) is 7.30. The van der Waals surface area contributed by atoms with Crippen molar-refractivity contribution in [2.45, 2.75) is 5.54 Å². The number of ether oxygens (including phenoxy) is 1. The number of hydrogen-bond acceptors (Lipinski definition) is 6. The standard InChI is InChI=1S/C16H15FN4OS/c17-14-2-1-10(11-4-19-9-20-5-11)3-13(14)16-8-22-6-12(16)7-23-15(18)21-16/h1-5,9,12H,6-8H2,(H2,18,21)/t12-,16-/m0/s1. The summed E-state index contributed by atoms with van der Waals surface area (Å²) in [6.45, 7) is 0.923. The number of amidine groups is 1. The van der Waals surface area contributed by atoms with Crippen LogP contribution in [0.15, 0.2) is 41.9 Å². The smallest absolute Gasteiger partial charge is 0.154 e. The van der Waals surface area contributed by atoms with Crippen LogP contribution < -0.4 is 5.73 Å². The van der Waals surface area contributed by atoms with E-state index < -0.39 is 5.54 Å². The van der Waals surface area contributed by atoms with E-state index in [-0.39, 0.29) is 11.7 Å². The molecule has 0 bridgehead atoms. The van der Waals surface area contributed by atoms with Crippen molar-refractivity contribution in [3.63, 3.8) is 0 Å². The second-order valence-electron chi connectivity index (χ2n) is 5.72. The highest BCUT2D eigenvalue weighted by molar-refractivity contribution is 8.13. The van der Waals surface area contributed by atoms with Gasteiger partial charge in [-0.05, 0) is 17.7 Å². The largest absolute Gasteiger partial charge is 0.379 e. The van der Waals surface area contributed by atoms with Gasteiger partial charge in [-0.2, -0.15) is 0 Å². The Kier molecular flexibility index (Phi) is 3.54. The summed E-state index contributed by atoms with van der Waals surface area (Å²) in [4.78, 5) is 12.6. The van der Waals surface area contributed by atoms with Crippen molar-refractivity contribution < 1.29 is 9.13 Å². The van der Waals surface area contributed by atoms with E-state index in [0.717, 1.165) is 16.9 Å². The Morgan fingerprint density at radius 2 is 2.09 bits per heavy atom. The topological polar surface area (TPSA) is 73.4 Å². The molecule has 0 aliphatic carbocycles. The fourth-order valence-corrected chi connectivity index (χ4v) is 4.15. The number of nitrogens with zero attached hydrogens (tertiary/aromatic N) is 3. The Morgan fingerprint density at radius 3 is 2.91 bits per heavy atom. The van der Waals surface area contributed by atoms with Crippen LogP contribution in [0.2, 0.25) is 0 Å². The van der Waals surface area contributed by atoms with Crippen LogP contribution >= 0.6 is 11.8 Å². The Hall–Kier alpha value is -1.99. The molecule has 1 fully saturated rings. The van der Waals surface area contributed by atoms with Crippen molar-refractivity contribution in [3.05, 3.63) is 48.3 Å². The second kappa shape index (κ2) is 5.58. The minimum atomic E-state index is -0.731. The number of thioether (sulfide) groups is 1. The molecule has 23 heavy (non-hydrogen) atoms. The second-order valence-corrected chi connectivity index (χ2v) is 6.76. The van der Waals surface area contributed by atoms with Gasteiger partial charge in [0.1, 0.15) is 17.7 Å². The van der Waals surface area contributed by atoms with Gasteiger partial charge in [0, 0.05) is 35.2 Å². The zero-order valence-electron chi connectivity index (χ0n) is 12.3. The van der Waals surface area contributed by atoms with Gasteiger partial charge >= 0.3 is 0 Å². The van der Waals surface area contributed by atoms with Gasteiger partial charge in [-0.3, -0.25) is 0 Å². The van der Waals surface area contributed by atoms with Gasteiger partial charge < -0.3 is 10.5 Å². The maximum atomic E-state index is 14.6. The summed E-state index contributed by atoms with van der Waals surface area (Å²) in [5.74, 6) is 0.620. The van der Waals surface area contributed by atoms with Crippen molar-refractivity contribution in [2.24, 2.45) is 16.6 Å². The van der Waals surface area contributed by atoms with Crippen LogP contribution in [0, 0.1) is 11.7 Å². The van der Waals surface area contributed by atoms with Crippen molar-refractivity contribution in [2.75, 3.05) is 19.0 Å². The molecule has 2 aliphatic rings. The quantitative estimate of drug-likeness (QED) is 0.914. The Morgan fingerprint density at radius 1 is 1.26 bits per heavy atom. The van der Waals surface area contributed by atoms with E-state index in [2.05, 4.69) is 15.0 Å². The minimum absolute atomic E-state index is 0.122. The van der Waals surface area contributed by atoms with Crippen LogP contribution in [0.3, 0.4) is 0 Å². The van der Waals surface area contributed by atoms with Gasteiger partial charge in [-0.15, -0.1) is 0 Å². The third-order valence-corrected chi connectivity index (χ3v) is 5.34. The molecule has 0 saturated carbocycles.